The molecule has 18 heavy (non-hydrogen) atoms. The van der Waals surface area contributed by atoms with Gasteiger partial charge < -0.3 is 4.57 Å². The zero-order chi connectivity index (χ0) is 13.1. The number of aldehydes is 1. The molecule has 0 spiro atoms. The summed E-state index contributed by atoms with van der Waals surface area (Å²) in [5, 5.41) is 10.8. The van der Waals surface area contributed by atoms with Crippen LogP contribution in [-0.4, -0.2) is 20.8 Å². The van der Waals surface area contributed by atoms with Crippen LogP contribution >= 0.6 is 15.9 Å². The molecule has 0 aliphatic rings. The summed E-state index contributed by atoms with van der Waals surface area (Å²) in [5.41, 5.74) is 1.10. The lowest BCUT2D eigenvalue weighted by atomic mass is 10.2. The van der Waals surface area contributed by atoms with Gasteiger partial charge in [0.2, 0.25) is 0 Å². The second-order valence-corrected chi connectivity index (χ2v) is 4.39. The Balaban J connectivity index is 2.31. The maximum absolute atomic E-state index is 10.8. The van der Waals surface area contributed by atoms with Crippen molar-refractivity contribution in [3.63, 3.8) is 0 Å². The minimum absolute atomic E-state index is 0.0169. The van der Waals surface area contributed by atoms with Gasteiger partial charge in [-0.2, -0.15) is 0 Å². The number of hydrogen-bond acceptors (Lipinski definition) is 4. The van der Waals surface area contributed by atoms with E-state index in [0.29, 0.717) is 23.0 Å². The van der Waals surface area contributed by atoms with Crippen LogP contribution in [0.4, 0.5) is 5.69 Å². The molecule has 1 heterocycles. The van der Waals surface area contributed by atoms with Crippen molar-refractivity contribution in [1.29, 1.82) is 0 Å². The number of nitrogens with zero attached hydrogens (tertiary/aromatic N) is 3. The average Bonchev–Trinajstić information content (AvgIpc) is 2.79. The second-order valence-electron chi connectivity index (χ2n) is 3.60. The molecular formula is C11H8BrN3O3. The third kappa shape index (κ3) is 2.45. The number of hydrogen-bond donors (Lipinski definition) is 0. The number of carbonyl (C=O) groups excluding carboxylic acids is 1. The van der Waals surface area contributed by atoms with Crippen LogP contribution in [0, 0.1) is 10.1 Å². The summed E-state index contributed by atoms with van der Waals surface area (Å²) in [6.45, 7) is 0.406. The molecule has 0 N–H and O–H groups in total. The molecule has 0 bridgehead atoms. The summed E-state index contributed by atoms with van der Waals surface area (Å²) in [7, 11) is 0. The Morgan fingerprint density at radius 1 is 1.50 bits per heavy atom. The van der Waals surface area contributed by atoms with Crippen molar-refractivity contribution in [2.45, 2.75) is 6.54 Å². The van der Waals surface area contributed by atoms with Gasteiger partial charge in [0.1, 0.15) is 10.2 Å². The monoisotopic (exact) mass is 309 g/mol. The summed E-state index contributed by atoms with van der Waals surface area (Å²) in [4.78, 5) is 24.7. The fourth-order valence-corrected chi connectivity index (χ4v) is 2.09. The molecule has 6 nitrogen and oxygen atoms in total. The molecule has 0 aliphatic carbocycles. The highest BCUT2D eigenvalue weighted by atomic mass is 79.9. The number of halogens is 1. The number of carbonyl (C=O) groups is 1. The van der Waals surface area contributed by atoms with Crippen LogP contribution in [0.2, 0.25) is 0 Å². The molecular weight excluding hydrogens is 302 g/mol. The van der Waals surface area contributed by atoms with Crippen LogP contribution in [-0.2, 0) is 6.54 Å². The highest BCUT2D eigenvalue weighted by Crippen LogP contribution is 2.28. The first-order chi connectivity index (χ1) is 8.61. The van der Waals surface area contributed by atoms with Crippen molar-refractivity contribution in [1.82, 2.24) is 9.55 Å². The van der Waals surface area contributed by atoms with Gasteiger partial charge >= 0.3 is 0 Å². The zero-order valence-electron chi connectivity index (χ0n) is 9.12. The largest absolute Gasteiger partial charge is 0.332 e. The molecule has 0 fully saturated rings. The van der Waals surface area contributed by atoms with Crippen molar-refractivity contribution >= 4 is 27.9 Å². The zero-order valence-corrected chi connectivity index (χ0v) is 10.7. The van der Waals surface area contributed by atoms with Crippen molar-refractivity contribution in [3.8, 4) is 0 Å². The molecule has 2 rings (SSSR count). The molecule has 0 atom stereocenters. The molecule has 0 aliphatic heterocycles. The van der Waals surface area contributed by atoms with Crippen LogP contribution in [0.1, 0.15) is 16.1 Å². The third-order valence-corrected chi connectivity index (χ3v) is 3.30. The first-order valence-corrected chi connectivity index (χ1v) is 5.80. The Hall–Kier alpha value is -2.02. The van der Waals surface area contributed by atoms with Crippen LogP contribution < -0.4 is 0 Å². The Morgan fingerprint density at radius 2 is 2.28 bits per heavy atom. The van der Waals surface area contributed by atoms with Crippen molar-refractivity contribution in [2.24, 2.45) is 0 Å². The van der Waals surface area contributed by atoms with Gasteiger partial charge in [0.15, 0.2) is 6.29 Å². The fraction of sp³-hybridized carbons (Fsp3) is 0.0909. The van der Waals surface area contributed by atoms with E-state index in [4.69, 9.17) is 0 Å². The fourth-order valence-electron chi connectivity index (χ4n) is 1.55. The van der Waals surface area contributed by atoms with E-state index in [-0.39, 0.29) is 5.69 Å². The molecule has 0 saturated heterocycles. The number of rotatable bonds is 4. The number of imidazole rings is 1. The predicted octanol–water partition coefficient (Wildman–Crippen LogP) is 2.41. The highest BCUT2D eigenvalue weighted by molar-refractivity contribution is 9.10. The summed E-state index contributed by atoms with van der Waals surface area (Å²) < 4.78 is 2.13. The van der Waals surface area contributed by atoms with E-state index < -0.39 is 4.92 Å². The van der Waals surface area contributed by atoms with E-state index in [1.165, 1.54) is 12.4 Å². The predicted molar refractivity (Wildman–Crippen MR) is 67.5 cm³/mol. The van der Waals surface area contributed by atoms with Crippen molar-refractivity contribution in [3.05, 3.63) is 56.6 Å². The van der Waals surface area contributed by atoms with Gasteiger partial charge in [0, 0.05) is 18.8 Å². The van der Waals surface area contributed by atoms with E-state index in [1.807, 2.05) is 0 Å². The van der Waals surface area contributed by atoms with Crippen molar-refractivity contribution in [2.75, 3.05) is 0 Å². The topological polar surface area (TPSA) is 78.0 Å². The van der Waals surface area contributed by atoms with Gasteiger partial charge in [-0.25, -0.2) is 4.98 Å². The molecule has 0 radical (unpaired) electrons. The maximum Gasteiger partial charge on any atom is 0.283 e. The highest BCUT2D eigenvalue weighted by Gasteiger charge is 2.14. The number of nitro groups is 1. The maximum atomic E-state index is 10.8. The van der Waals surface area contributed by atoms with E-state index in [1.54, 1.807) is 22.9 Å². The summed E-state index contributed by atoms with van der Waals surface area (Å²) >= 11 is 3.22. The Bertz CT molecular complexity index is 609. The first-order valence-electron chi connectivity index (χ1n) is 5.00. The van der Waals surface area contributed by atoms with Gasteiger partial charge in [-0.3, -0.25) is 14.9 Å². The summed E-state index contributed by atoms with van der Waals surface area (Å²) in [5.74, 6) is 0. The van der Waals surface area contributed by atoms with Gasteiger partial charge in [-0.05, 0) is 21.5 Å². The number of nitro benzene ring substituents is 1. The molecule has 1 aromatic carbocycles. The number of aromatic nitrogens is 2. The second kappa shape index (κ2) is 5.09. The van der Waals surface area contributed by atoms with E-state index >= 15 is 0 Å². The molecule has 7 heteroatoms. The van der Waals surface area contributed by atoms with Gasteiger partial charge in [0.25, 0.3) is 5.69 Å². The Labute approximate surface area is 111 Å². The third-order valence-electron chi connectivity index (χ3n) is 2.38. The van der Waals surface area contributed by atoms with E-state index in [9.17, 15) is 14.9 Å². The lowest BCUT2D eigenvalue weighted by Gasteiger charge is -2.05. The van der Waals surface area contributed by atoms with Crippen LogP contribution in [0.25, 0.3) is 0 Å². The summed E-state index contributed by atoms with van der Waals surface area (Å²) in [6.07, 6.45) is 3.74. The van der Waals surface area contributed by atoms with Crippen LogP contribution in [0.15, 0.2) is 35.2 Å². The smallest absolute Gasteiger partial charge is 0.283 e. The minimum Gasteiger partial charge on any atom is -0.332 e. The molecule has 0 saturated carbocycles. The standard InChI is InChI=1S/C11H8BrN3O3/c12-11-8(2-1-3-10(11)15(17)18)4-14-5-9(6-16)13-7-14/h1-3,5-7H,4H2. The summed E-state index contributed by atoms with van der Waals surface area (Å²) in [6, 6.07) is 4.83. The molecule has 2 aromatic rings. The van der Waals surface area contributed by atoms with E-state index in [2.05, 4.69) is 20.9 Å². The Morgan fingerprint density at radius 3 is 2.89 bits per heavy atom. The lowest BCUT2D eigenvalue weighted by molar-refractivity contribution is -0.385. The first kappa shape index (κ1) is 12.4. The van der Waals surface area contributed by atoms with E-state index in [0.717, 1.165) is 5.56 Å². The average molecular weight is 310 g/mol. The quantitative estimate of drug-likeness (QED) is 0.493. The van der Waals surface area contributed by atoms with Gasteiger partial charge in [0.05, 0.1) is 11.3 Å². The Kier molecular flexibility index (Phi) is 3.52. The molecule has 0 unspecified atom stereocenters. The van der Waals surface area contributed by atoms with Gasteiger partial charge in [-0.15, -0.1) is 0 Å². The molecule has 1 aromatic heterocycles. The number of benzene rings is 1. The van der Waals surface area contributed by atoms with Crippen LogP contribution in [0.3, 0.4) is 0 Å². The van der Waals surface area contributed by atoms with Gasteiger partial charge in [-0.1, -0.05) is 12.1 Å². The SMILES string of the molecule is O=Cc1cn(Cc2cccc([N+](=O)[O-])c2Br)cn1. The van der Waals surface area contributed by atoms with Crippen molar-refractivity contribution < 1.29 is 9.72 Å². The normalized spacial score (nSPS) is 10.3. The lowest BCUT2D eigenvalue weighted by Crippen LogP contribution is -1.99. The molecule has 92 valence electrons. The minimum atomic E-state index is -0.446. The molecule has 0 amide bonds. The van der Waals surface area contributed by atoms with Crippen LogP contribution in [0.5, 0.6) is 0 Å².